The highest BCUT2D eigenvalue weighted by molar-refractivity contribution is 6.30. The van der Waals surface area contributed by atoms with Crippen molar-refractivity contribution in [3.05, 3.63) is 40.4 Å². The molecule has 0 aliphatic heterocycles. The molecule has 92 valence electrons. The number of carbonyl (C=O) groups is 1. The lowest BCUT2D eigenvalue weighted by molar-refractivity contribution is -0.140. The summed E-state index contributed by atoms with van der Waals surface area (Å²) in [4.78, 5) is 10.8. The molecule has 0 unspecified atom stereocenters. The van der Waals surface area contributed by atoms with Crippen molar-refractivity contribution in [2.75, 3.05) is 6.61 Å². The molecule has 0 saturated carbocycles. The van der Waals surface area contributed by atoms with Crippen LogP contribution in [0.4, 0.5) is 0 Å². The van der Waals surface area contributed by atoms with Gasteiger partial charge in [0, 0.05) is 11.9 Å². The van der Waals surface area contributed by atoms with Crippen LogP contribution in [0.15, 0.2) is 29.8 Å². The summed E-state index contributed by atoms with van der Waals surface area (Å²) in [5.41, 5.74) is 2.19. The first kappa shape index (κ1) is 13.8. The summed E-state index contributed by atoms with van der Waals surface area (Å²) in [6.45, 7) is 3.89. The fraction of sp³-hybridized carbons (Fsp3) is 0.357. The first-order valence-electron chi connectivity index (χ1n) is 5.70. The summed E-state index contributed by atoms with van der Waals surface area (Å²) in [5, 5.41) is 0.721. The molecule has 0 aromatic heterocycles. The van der Waals surface area contributed by atoms with E-state index in [1.54, 1.807) is 0 Å². The summed E-state index contributed by atoms with van der Waals surface area (Å²) >= 11 is 5.82. The van der Waals surface area contributed by atoms with E-state index in [0.29, 0.717) is 6.61 Å². The van der Waals surface area contributed by atoms with Gasteiger partial charge in [-0.15, -0.1) is 0 Å². The monoisotopic (exact) mass is 252 g/mol. The second kappa shape index (κ2) is 7.13. The third kappa shape index (κ3) is 5.55. The van der Waals surface area contributed by atoms with E-state index < -0.39 is 0 Å². The van der Waals surface area contributed by atoms with Crippen molar-refractivity contribution < 1.29 is 9.53 Å². The van der Waals surface area contributed by atoms with E-state index in [1.165, 1.54) is 6.92 Å². The van der Waals surface area contributed by atoms with Gasteiger partial charge in [-0.1, -0.05) is 43.2 Å². The minimum atomic E-state index is -0.247. The Bertz CT molecular complexity index is 393. The average molecular weight is 253 g/mol. The van der Waals surface area contributed by atoms with Crippen LogP contribution < -0.4 is 0 Å². The first-order valence-corrected chi connectivity index (χ1v) is 6.08. The van der Waals surface area contributed by atoms with E-state index in [-0.39, 0.29) is 5.97 Å². The summed E-state index contributed by atoms with van der Waals surface area (Å²) in [5.74, 6) is -0.247. The van der Waals surface area contributed by atoms with Crippen LogP contribution >= 0.6 is 11.6 Å². The van der Waals surface area contributed by atoms with Gasteiger partial charge in [-0.05, 0) is 29.7 Å². The Balaban J connectivity index is 2.74. The number of carbonyl (C=O) groups excluding carboxylic acids is 1. The Hall–Kier alpha value is -1.28. The highest BCUT2D eigenvalue weighted by atomic mass is 35.5. The zero-order chi connectivity index (χ0) is 12.7. The van der Waals surface area contributed by atoms with E-state index in [9.17, 15) is 4.79 Å². The van der Waals surface area contributed by atoms with Crippen LogP contribution in [-0.2, 0) is 9.53 Å². The van der Waals surface area contributed by atoms with Crippen LogP contribution in [0.1, 0.15) is 32.3 Å². The van der Waals surface area contributed by atoms with Crippen molar-refractivity contribution in [2.24, 2.45) is 0 Å². The fourth-order valence-electron chi connectivity index (χ4n) is 1.50. The molecule has 0 N–H and O–H groups in total. The van der Waals surface area contributed by atoms with Crippen LogP contribution in [0, 0.1) is 0 Å². The van der Waals surface area contributed by atoms with Gasteiger partial charge in [-0.3, -0.25) is 4.79 Å². The molecule has 0 atom stereocenters. The Morgan fingerprint density at radius 1 is 1.35 bits per heavy atom. The smallest absolute Gasteiger partial charge is 0.302 e. The fourth-order valence-corrected chi connectivity index (χ4v) is 1.62. The molecule has 0 radical (unpaired) electrons. The quantitative estimate of drug-likeness (QED) is 0.738. The van der Waals surface area contributed by atoms with Gasteiger partial charge in [0.25, 0.3) is 0 Å². The van der Waals surface area contributed by atoms with E-state index in [4.69, 9.17) is 16.3 Å². The maximum Gasteiger partial charge on any atom is 0.302 e. The van der Waals surface area contributed by atoms with Crippen LogP contribution in [0.25, 0.3) is 6.08 Å². The number of halogens is 1. The van der Waals surface area contributed by atoms with Gasteiger partial charge in [0.05, 0.1) is 0 Å². The predicted octanol–water partition coefficient (Wildman–Crippen LogP) is 4.09. The molecule has 1 aromatic rings. The minimum Gasteiger partial charge on any atom is -0.461 e. The van der Waals surface area contributed by atoms with Gasteiger partial charge in [0.2, 0.25) is 0 Å². The normalized spacial score (nSPS) is 11.4. The second-order valence-electron chi connectivity index (χ2n) is 3.88. The third-order valence-electron chi connectivity index (χ3n) is 2.27. The third-order valence-corrected chi connectivity index (χ3v) is 2.52. The molecule has 0 saturated heterocycles. The summed E-state index contributed by atoms with van der Waals surface area (Å²) < 4.78 is 5.02. The maximum absolute atomic E-state index is 10.8. The average Bonchev–Trinajstić information content (AvgIpc) is 2.29. The molecule has 0 amide bonds. The Morgan fingerprint density at radius 3 is 2.53 bits per heavy atom. The zero-order valence-corrected chi connectivity index (χ0v) is 11.0. The van der Waals surface area contributed by atoms with Crippen LogP contribution in [0.3, 0.4) is 0 Å². The van der Waals surface area contributed by atoms with Crippen molar-refractivity contribution >= 4 is 23.6 Å². The van der Waals surface area contributed by atoms with Gasteiger partial charge in [-0.2, -0.15) is 0 Å². The van der Waals surface area contributed by atoms with Crippen molar-refractivity contribution in [3.8, 4) is 0 Å². The summed E-state index contributed by atoms with van der Waals surface area (Å²) in [7, 11) is 0. The number of hydrogen-bond acceptors (Lipinski definition) is 2. The van der Waals surface area contributed by atoms with Gasteiger partial charge in [0.1, 0.15) is 6.61 Å². The lowest BCUT2D eigenvalue weighted by atomic mass is 10.1. The van der Waals surface area contributed by atoms with Gasteiger partial charge < -0.3 is 4.74 Å². The van der Waals surface area contributed by atoms with Gasteiger partial charge in [-0.25, -0.2) is 0 Å². The molecule has 0 aliphatic carbocycles. The maximum atomic E-state index is 10.8. The molecule has 0 heterocycles. The number of hydrogen-bond donors (Lipinski definition) is 0. The topological polar surface area (TPSA) is 26.3 Å². The summed E-state index contributed by atoms with van der Waals surface area (Å²) in [6, 6.07) is 7.60. The molecule has 0 aliphatic rings. The zero-order valence-electron chi connectivity index (χ0n) is 10.2. The highest BCUT2D eigenvalue weighted by Gasteiger charge is 2.00. The molecule has 0 spiro atoms. The molecule has 3 heteroatoms. The predicted molar refractivity (Wildman–Crippen MR) is 71.0 cm³/mol. The number of rotatable bonds is 5. The second-order valence-corrected chi connectivity index (χ2v) is 4.32. The Labute approximate surface area is 107 Å². The molecule has 1 rings (SSSR count). The van der Waals surface area contributed by atoms with E-state index >= 15 is 0 Å². The van der Waals surface area contributed by atoms with Crippen LogP contribution in [0.2, 0.25) is 5.02 Å². The van der Waals surface area contributed by atoms with Gasteiger partial charge >= 0.3 is 5.97 Å². The molecule has 2 nitrogen and oxygen atoms in total. The van der Waals surface area contributed by atoms with E-state index in [0.717, 1.165) is 29.0 Å². The van der Waals surface area contributed by atoms with Crippen molar-refractivity contribution in [1.82, 2.24) is 0 Å². The largest absolute Gasteiger partial charge is 0.461 e. The lowest BCUT2D eigenvalue weighted by Crippen LogP contribution is -2.03. The Kier molecular flexibility index (Phi) is 5.78. The van der Waals surface area contributed by atoms with Crippen molar-refractivity contribution in [3.63, 3.8) is 0 Å². The number of ether oxygens (including phenoxy) is 1. The van der Waals surface area contributed by atoms with E-state index in [2.05, 4.69) is 6.92 Å². The molecular formula is C14H17ClO2. The molecule has 0 fully saturated rings. The first-order chi connectivity index (χ1) is 8.11. The van der Waals surface area contributed by atoms with Crippen molar-refractivity contribution in [2.45, 2.75) is 26.7 Å². The van der Waals surface area contributed by atoms with Crippen LogP contribution in [0.5, 0.6) is 0 Å². The molecule has 1 aromatic carbocycles. The van der Waals surface area contributed by atoms with Crippen molar-refractivity contribution in [1.29, 1.82) is 0 Å². The minimum absolute atomic E-state index is 0.247. The number of esters is 1. The Morgan fingerprint density at radius 2 is 2.00 bits per heavy atom. The molecular weight excluding hydrogens is 236 g/mol. The SMILES string of the molecule is CCCC(=Cc1ccc(Cl)cc1)COC(C)=O. The molecule has 17 heavy (non-hydrogen) atoms. The van der Waals surface area contributed by atoms with Crippen LogP contribution in [-0.4, -0.2) is 12.6 Å². The number of benzene rings is 1. The summed E-state index contributed by atoms with van der Waals surface area (Å²) in [6.07, 6.45) is 4.00. The van der Waals surface area contributed by atoms with E-state index in [1.807, 2.05) is 30.3 Å². The standard InChI is InChI=1S/C14H17ClO2/c1-3-4-13(10-17-11(2)16)9-12-5-7-14(15)8-6-12/h5-9H,3-4,10H2,1-2H3. The van der Waals surface area contributed by atoms with Gasteiger partial charge in [0.15, 0.2) is 0 Å². The highest BCUT2D eigenvalue weighted by Crippen LogP contribution is 2.15. The lowest BCUT2D eigenvalue weighted by Gasteiger charge is -2.06. The molecule has 0 bridgehead atoms.